The molecule has 20 heavy (non-hydrogen) atoms. The Kier molecular flexibility index (Phi) is 2.93. The molecule has 112 valence electrons. The van der Waals surface area contributed by atoms with Crippen molar-refractivity contribution in [3.63, 3.8) is 0 Å². The minimum absolute atomic E-state index is 0.0194. The van der Waals surface area contributed by atoms with Crippen molar-refractivity contribution in [1.82, 2.24) is 4.90 Å². The molecule has 4 rings (SSSR count). The number of hydrogen-bond acceptors (Lipinski definition) is 2. The smallest absolute Gasteiger partial charge is 0.307 e. The molecule has 0 aromatic carbocycles. The van der Waals surface area contributed by atoms with Crippen LogP contribution in [0.25, 0.3) is 0 Å². The Morgan fingerprint density at radius 2 is 1.70 bits per heavy atom. The zero-order chi connectivity index (χ0) is 13.8. The van der Waals surface area contributed by atoms with Gasteiger partial charge < -0.3 is 10.0 Å². The maximum absolute atomic E-state index is 11.1. The van der Waals surface area contributed by atoms with Crippen LogP contribution in [0.2, 0.25) is 0 Å². The topological polar surface area (TPSA) is 40.5 Å². The quantitative estimate of drug-likeness (QED) is 0.861. The summed E-state index contributed by atoms with van der Waals surface area (Å²) in [6.07, 6.45) is 12.1. The number of piperidine rings is 1. The third kappa shape index (κ3) is 2.28. The predicted octanol–water partition coefficient (Wildman–Crippen LogP) is 3.14. The van der Waals surface area contributed by atoms with Crippen LogP contribution in [-0.4, -0.2) is 35.6 Å². The summed E-state index contributed by atoms with van der Waals surface area (Å²) >= 11 is 0. The van der Waals surface area contributed by atoms with Crippen molar-refractivity contribution in [3.8, 4) is 0 Å². The minimum Gasteiger partial charge on any atom is -0.481 e. The molecule has 1 aliphatic heterocycles. The SMILES string of the molecule is O=C(O)C1CC12CCN(CC1CCC3(CC1)CC3)CC2. The standard InChI is InChI=1S/C17H27NO2/c19-15(20)14-11-17(14)7-9-18(10-8-17)12-13-1-3-16(4-2-13)5-6-16/h13-14H,1-12H2,(H,19,20). The second kappa shape index (κ2) is 4.46. The van der Waals surface area contributed by atoms with E-state index in [0.29, 0.717) is 0 Å². The summed E-state index contributed by atoms with van der Waals surface area (Å²) in [5.74, 6) is 0.347. The van der Waals surface area contributed by atoms with Gasteiger partial charge >= 0.3 is 5.97 Å². The van der Waals surface area contributed by atoms with Crippen molar-refractivity contribution in [2.75, 3.05) is 19.6 Å². The van der Waals surface area contributed by atoms with Gasteiger partial charge in [0.1, 0.15) is 0 Å². The Hall–Kier alpha value is -0.570. The first-order valence-electron chi connectivity index (χ1n) is 8.56. The third-order valence-corrected chi connectivity index (χ3v) is 6.98. The zero-order valence-electron chi connectivity index (χ0n) is 12.4. The Morgan fingerprint density at radius 3 is 2.20 bits per heavy atom. The van der Waals surface area contributed by atoms with Gasteiger partial charge in [0.2, 0.25) is 0 Å². The number of carbonyl (C=O) groups is 1. The minimum atomic E-state index is -0.555. The van der Waals surface area contributed by atoms with E-state index in [1.54, 1.807) is 0 Å². The van der Waals surface area contributed by atoms with Gasteiger partial charge in [-0.1, -0.05) is 0 Å². The van der Waals surface area contributed by atoms with E-state index < -0.39 is 5.97 Å². The van der Waals surface area contributed by atoms with E-state index in [2.05, 4.69) is 4.90 Å². The van der Waals surface area contributed by atoms with Gasteiger partial charge in [-0.2, -0.15) is 0 Å². The van der Waals surface area contributed by atoms with Gasteiger partial charge in [0.05, 0.1) is 5.92 Å². The molecule has 3 nitrogen and oxygen atoms in total. The van der Waals surface area contributed by atoms with Crippen molar-refractivity contribution >= 4 is 5.97 Å². The van der Waals surface area contributed by atoms with Gasteiger partial charge in [-0.3, -0.25) is 4.79 Å². The molecule has 3 heteroatoms. The van der Waals surface area contributed by atoms with Gasteiger partial charge in [-0.25, -0.2) is 0 Å². The first-order valence-corrected chi connectivity index (χ1v) is 8.56. The number of carboxylic acids is 1. The molecule has 0 bridgehead atoms. The van der Waals surface area contributed by atoms with Gasteiger partial charge in [-0.05, 0) is 87.6 Å². The van der Waals surface area contributed by atoms with E-state index in [1.807, 2.05) is 0 Å². The van der Waals surface area contributed by atoms with Crippen LogP contribution >= 0.6 is 0 Å². The molecule has 0 radical (unpaired) electrons. The van der Waals surface area contributed by atoms with Crippen molar-refractivity contribution in [1.29, 1.82) is 0 Å². The maximum Gasteiger partial charge on any atom is 0.307 e. The van der Waals surface area contributed by atoms with E-state index >= 15 is 0 Å². The number of likely N-dealkylation sites (tertiary alicyclic amines) is 1. The number of rotatable bonds is 3. The molecule has 3 aliphatic carbocycles. The fourth-order valence-corrected chi connectivity index (χ4v) is 4.94. The molecule has 3 saturated carbocycles. The molecular weight excluding hydrogens is 250 g/mol. The molecule has 1 atom stereocenters. The Bertz CT molecular complexity index is 397. The maximum atomic E-state index is 11.1. The molecule has 1 unspecified atom stereocenters. The van der Waals surface area contributed by atoms with Crippen molar-refractivity contribution in [3.05, 3.63) is 0 Å². The lowest BCUT2D eigenvalue weighted by Gasteiger charge is -2.37. The lowest BCUT2D eigenvalue weighted by Crippen LogP contribution is -2.39. The fraction of sp³-hybridized carbons (Fsp3) is 0.941. The van der Waals surface area contributed by atoms with Crippen molar-refractivity contribution in [2.45, 2.75) is 57.8 Å². The fourth-order valence-electron chi connectivity index (χ4n) is 4.94. The Morgan fingerprint density at radius 1 is 1.05 bits per heavy atom. The van der Waals surface area contributed by atoms with Gasteiger partial charge in [-0.15, -0.1) is 0 Å². The Labute approximate surface area is 121 Å². The van der Waals surface area contributed by atoms with Crippen LogP contribution in [-0.2, 0) is 4.79 Å². The highest BCUT2D eigenvalue weighted by molar-refractivity contribution is 5.74. The largest absolute Gasteiger partial charge is 0.481 e. The summed E-state index contributed by atoms with van der Waals surface area (Å²) in [4.78, 5) is 13.7. The molecule has 2 spiro atoms. The van der Waals surface area contributed by atoms with Crippen LogP contribution in [0.5, 0.6) is 0 Å². The van der Waals surface area contributed by atoms with E-state index in [9.17, 15) is 4.79 Å². The molecule has 4 fully saturated rings. The molecule has 0 amide bonds. The average molecular weight is 277 g/mol. The van der Waals surface area contributed by atoms with E-state index in [-0.39, 0.29) is 11.3 Å². The second-order valence-corrected chi connectivity index (χ2v) is 8.20. The summed E-state index contributed by atoms with van der Waals surface area (Å²) in [7, 11) is 0. The number of nitrogens with zero attached hydrogens (tertiary/aromatic N) is 1. The highest BCUT2D eigenvalue weighted by atomic mass is 16.4. The number of carboxylic acid groups (broad SMARTS) is 1. The molecule has 1 N–H and O–H groups in total. The van der Waals surface area contributed by atoms with Crippen LogP contribution in [0.3, 0.4) is 0 Å². The van der Waals surface area contributed by atoms with Crippen molar-refractivity contribution < 1.29 is 9.90 Å². The molecule has 0 aromatic rings. The molecule has 1 heterocycles. The Balaban J connectivity index is 1.23. The van der Waals surface area contributed by atoms with Crippen LogP contribution < -0.4 is 0 Å². The first kappa shape index (κ1) is 13.1. The average Bonchev–Trinajstić information content (AvgIpc) is 3.34. The van der Waals surface area contributed by atoms with Gasteiger partial charge in [0.25, 0.3) is 0 Å². The van der Waals surface area contributed by atoms with Crippen LogP contribution in [0.15, 0.2) is 0 Å². The van der Waals surface area contributed by atoms with Crippen LogP contribution in [0.4, 0.5) is 0 Å². The number of aliphatic carboxylic acids is 1. The summed E-state index contributed by atoms with van der Waals surface area (Å²) in [5.41, 5.74) is 1.01. The molecular formula is C17H27NO2. The second-order valence-electron chi connectivity index (χ2n) is 8.20. The summed E-state index contributed by atoms with van der Waals surface area (Å²) < 4.78 is 0. The monoisotopic (exact) mass is 277 g/mol. The van der Waals surface area contributed by atoms with Crippen LogP contribution in [0.1, 0.15) is 57.8 Å². The van der Waals surface area contributed by atoms with Gasteiger partial charge in [0, 0.05) is 6.54 Å². The van der Waals surface area contributed by atoms with Crippen molar-refractivity contribution in [2.24, 2.45) is 22.7 Å². The highest BCUT2D eigenvalue weighted by Gasteiger charge is 2.58. The van der Waals surface area contributed by atoms with E-state index in [0.717, 1.165) is 43.7 Å². The first-order chi connectivity index (χ1) is 9.61. The van der Waals surface area contributed by atoms with Crippen LogP contribution in [0, 0.1) is 22.7 Å². The zero-order valence-corrected chi connectivity index (χ0v) is 12.4. The normalized spacial score (nSPS) is 35.3. The van der Waals surface area contributed by atoms with E-state index in [1.165, 1.54) is 45.1 Å². The molecule has 1 saturated heterocycles. The van der Waals surface area contributed by atoms with Gasteiger partial charge in [0.15, 0.2) is 0 Å². The highest BCUT2D eigenvalue weighted by Crippen LogP contribution is 2.60. The number of hydrogen-bond donors (Lipinski definition) is 1. The molecule has 4 aliphatic rings. The lowest BCUT2D eigenvalue weighted by atomic mass is 9.79. The third-order valence-electron chi connectivity index (χ3n) is 6.98. The summed E-state index contributed by atoms with van der Waals surface area (Å²) in [6, 6.07) is 0. The summed E-state index contributed by atoms with van der Waals surface area (Å²) in [5, 5.41) is 9.14. The lowest BCUT2D eigenvalue weighted by molar-refractivity contribution is -0.139. The predicted molar refractivity (Wildman–Crippen MR) is 77.5 cm³/mol. The van der Waals surface area contributed by atoms with E-state index in [4.69, 9.17) is 5.11 Å². The molecule has 0 aromatic heterocycles. The summed E-state index contributed by atoms with van der Waals surface area (Å²) in [6.45, 7) is 3.57.